The van der Waals surface area contributed by atoms with Gasteiger partial charge in [0, 0.05) is 53.7 Å². The predicted octanol–water partition coefficient (Wildman–Crippen LogP) is 4.86. The van der Waals surface area contributed by atoms with Crippen LogP contribution in [0.3, 0.4) is 0 Å². The van der Waals surface area contributed by atoms with Gasteiger partial charge in [-0.1, -0.05) is 0 Å². The maximum absolute atomic E-state index is 13.6. The lowest BCUT2D eigenvalue weighted by Gasteiger charge is -2.23. The van der Waals surface area contributed by atoms with E-state index in [0.717, 1.165) is 41.8 Å². The lowest BCUT2D eigenvalue weighted by atomic mass is 9.99. The fourth-order valence-corrected chi connectivity index (χ4v) is 6.76. The van der Waals surface area contributed by atoms with Crippen LogP contribution in [0.1, 0.15) is 35.7 Å². The van der Waals surface area contributed by atoms with Gasteiger partial charge >= 0.3 is 6.18 Å². The van der Waals surface area contributed by atoms with E-state index in [1.54, 1.807) is 12.1 Å². The minimum absolute atomic E-state index is 0.00142. The van der Waals surface area contributed by atoms with Crippen molar-refractivity contribution >= 4 is 31.6 Å². The van der Waals surface area contributed by atoms with Crippen LogP contribution in [0.25, 0.3) is 21.8 Å². The molecule has 0 saturated carbocycles. The van der Waals surface area contributed by atoms with Crippen molar-refractivity contribution in [3.63, 3.8) is 0 Å². The van der Waals surface area contributed by atoms with Gasteiger partial charge in [-0.05, 0) is 54.8 Å². The molecule has 6 rings (SSSR count). The summed E-state index contributed by atoms with van der Waals surface area (Å²) in [5, 5.41) is 4.65. The quantitative estimate of drug-likeness (QED) is 0.450. The summed E-state index contributed by atoms with van der Waals surface area (Å²) in [6.07, 6.45) is -0.344. The first kappa shape index (κ1) is 19.9. The largest absolute Gasteiger partial charge is 0.418 e. The molecule has 0 spiro atoms. The molecule has 2 aromatic heterocycles. The first-order valence-corrected chi connectivity index (χ1v) is 11.9. The Hall–Kier alpha value is -2.78. The number of aromatic amines is 1. The number of sulfone groups is 1. The number of benzene rings is 2. The first-order valence-electron chi connectivity index (χ1n) is 10.5. The second kappa shape index (κ2) is 6.39. The Morgan fingerprint density at radius 3 is 2.66 bits per heavy atom. The molecule has 0 radical (unpaired) electrons. The van der Waals surface area contributed by atoms with Crippen LogP contribution in [-0.2, 0) is 29.5 Å². The van der Waals surface area contributed by atoms with Crippen LogP contribution in [0.5, 0.6) is 0 Å². The molecular formula is C23H20F3N3O2S. The van der Waals surface area contributed by atoms with Crippen molar-refractivity contribution in [1.82, 2.24) is 14.9 Å². The summed E-state index contributed by atoms with van der Waals surface area (Å²) < 4.78 is 69.9. The summed E-state index contributed by atoms with van der Waals surface area (Å²) in [5.74, 6) is 0. The Balaban J connectivity index is 1.55. The van der Waals surface area contributed by atoms with Gasteiger partial charge in [-0.15, -0.1) is 0 Å². The van der Waals surface area contributed by atoms with Gasteiger partial charge in [0.15, 0.2) is 0 Å². The van der Waals surface area contributed by atoms with Crippen LogP contribution in [0, 0.1) is 0 Å². The average molecular weight is 459 g/mol. The third-order valence-corrected chi connectivity index (χ3v) is 8.65. The van der Waals surface area contributed by atoms with Crippen molar-refractivity contribution in [1.29, 1.82) is 0 Å². The molecule has 2 unspecified atom stereocenters. The number of alkyl halides is 3. The van der Waals surface area contributed by atoms with E-state index in [9.17, 15) is 21.6 Å². The van der Waals surface area contributed by atoms with Crippen LogP contribution >= 0.6 is 0 Å². The number of fused-ring (bicyclic) bond motifs is 7. The summed E-state index contributed by atoms with van der Waals surface area (Å²) >= 11 is 0. The fourth-order valence-electron chi connectivity index (χ4n) is 5.41. The number of nitrogens with one attached hydrogen (secondary N) is 2. The molecule has 5 nitrogen and oxygen atoms in total. The highest BCUT2D eigenvalue weighted by Gasteiger charge is 2.37. The molecule has 1 saturated heterocycles. The standard InChI is InChI=1S/C23H20F3N3O2S/c1-29-19-5-3-14(10-16(19)21-18-4-2-13(28-18)9-20(21)29)32(30,31)15-8-12-6-7-27-22(12)17(11-15)23(24,25)26/h3,5-8,10-11,13,18,27-28H,2,4,9H2,1H3. The van der Waals surface area contributed by atoms with E-state index in [1.807, 2.05) is 7.05 Å². The van der Waals surface area contributed by atoms with Crippen molar-refractivity contribution in [3.05, 3.63) is 59.4 Å². The maximum Gasteiger partial charge on any atom is 0.418 e. The molecule has 1 fully saturated rings. The average Bonchev–Trinajstić information content (AvgIpc) is 3.44. The van der Waals surface area contributed by atoms with Crippen LogP contribution in [0.2, 0.25) is 0 Å². The van der Waals surface area contributed by atoms with Crippen LogP contribution in [0.15, 0.2) is 52.4 Å². The summed E-state index contributed by atoms with van der Waals surface area (Å²) in [6.45, 7) is 0. The molecule has 2 atom stereocenters. The predicted molar refractivity (Wildman–Crippen MR) is 114 cm³/mol. The fraction of sp³-hybridized carbons (Fsp3) is 0.304. The zero-order valence-corrected chi connectivity index (χ0v) is 17.9. The van der Waals surface area contributed by atoms with Crippen molar-refractivity contribution in [2.45, 2.75) is 47.3 Å². The first-order chi connectivity index (χ1) is 15.1. The molecule has 166 valence electrons. The van der Waals surface area contributed by atoms with Crippen molar-refractivity contribution in [2.75, 3.05) is 0 Å². The smallest absolute Gasteiger partial charge is 0.361 e. The number of nitrogens with zero attached hydrogens (tertiary/aromatic N) is 1. The van der Waals surface area contributed by atoms with Crippen LogP contribution in [-0.4, -0.2) is 24.0 Å². The van der Waals surface area contributed by atoms with Gasteiger partial charge in [0.1, 0.15) is 0 Å². The third-order valence-electron chi connectivity index (χ3n) is 6.92. The number of aryl methyl sites for hydroxylation is 1. The number of halogens is 3. The number of rotatable bonds is 2. The molecule has 2 aromatic carbocycles. The minimum atomic E-state index is -4.68. The Labute approximate surface area is 182 Å². The molecule has 0 amide bonds. The molecular weight excluding hydrogens is 439 g/mol. The Bertz CT molecular complexity index is 1520. The number of aromatic nitrogens is 2. The van der Waals surface area contributed by atoms with E-state index >= 15 is 0 Å². The minimum Gasteiger partial charge on any atom is -0.361 e. The van der Waals surface area contributed by atoms with E-state index < -0.39 is 21.6 Å². The summed E-state index contributed by atoms with van der Waals surface area (Å²) in [4.78, 5) is 2.21. The molecule has 9 heteroatoms. The van der Waals surface area contributed by atoms with E-state index in [0.29, 0.717) is 6.04 Å². The number of hydrogen-bond donors (Lipinski definition) is 2. The normalized spacial score (nSPS) is 20.9. The molecule has 2 aliphatic heterocycles. The van der Waals surface area contributed by atoms with Crippen LogP contribution < -0.4 is 5.32 Å². The molecule has 32 heavy (non-hydrogen) atoms. The lowest BCUT2D eigenvalue weighted by molar-refractivity contribution is -0.136. The molecule has 2 bridgehead atoms. The molecule has 2 N–H and O–H groups in total. The van der Waals surface area contributed by atoms with E-state index in [2.05, 4.69) is 14.9 Å². The monoisotopic (exact) mass is 459 g/mol. The summed E-state index contributed by atoms with van der Waals surface area (Å²) in [7, 11) is -2.18. The molecule has 4 heterocycles. The van der Waals surface area contributed by atoms with Crippen molar-refractivity contribution < 1.29 is 21.6 Å². The molecule has 0 aliphatic carbocycles. The zero-order chi connectivity index (χ0) is 22.4. The highest BCUT2D eigenvalue weighted by atomic mass is 32.2. The summed E-state index contributed by atoms with van der Waals surface area (Å²) in [5.41, 5.74) is 2.14. The van der Waals surface area contributed by atoms with Gasteiger partial charge in [0.25, 0.3) is 0 Å². The Kier molecular flexibility index (Phi) is 3.97. The van der Waals surface area contributed by atoms with E-state index in [-0.39, 0.29) is 26.7 Å². The van der Waals surface area contributed by atoms with Gasteiger partial charge in [-0.25, -0.2) is 8.42 Å². The number of hydrogen-bond acceptors (Lipinski definition) is 3. The second-order valence-electron chi connectivity index (χ2n) is 8.71. The zero-order valence-electron chi connectivity index (χ0n) is 17.1. The van der Waals surface area contributed by atoms with Gasteiger partial charge in [-0.3, -0.25) is 0 Å². The van der Waals surface area contributed by atoms with Gasteiger partial charge in [-0.2, -0.15) is 13.2 Å². The second-order valence-corrected chi connectivity index (χ2v) is 10.7. The highest BCUT2D eigenvalue weighted by Crippen LogP contribution is 2.43. The van der Waals surface area contributed by atoms with Gasteiger partial charge < -0.3 is 14.9 Å². The van der Waals surface area contributed by atoms with Gasteiger partial charge in [0.2, 0.25) is 9.84 Å². The van der Waals surface area contributed by atoms with E-state index in [1.165, 1.54) is 30.1 Å². The van der Waals surface area contributed by atoms with E-state index in [4.69, 9.17) is 0 Å². The SMILES string of the molecule is Cn1c2c(c3cc(S(=O)(=O)c4cc(C(F)(F)F)c5[nH]ccc5c4)ccc31)C1CCC(C2)N1. The topological polar surface area (TPSA) is 66.9 Å². The molecule has 4 aromatic rings. The third kappa shape index (κ3) is 2.70. The van der Waals surface area contributed by atoms with Crippen LogP contribution in [0.4, 0.5) is 13.2 Å². The molecule has 2 aliphatic rings. The highest BCUT2D eigenvalue weighted by molar-refractivity contribution is 7.91. The Morgan fingerprint density at radius 1 is 1.06 bits per heavy atom. The maximum atomic E-state index is 13.6. The number of H-pyrrole nitrogens is 1. The van der Waals surface area contributed by atoms with Crippen molar-refractivity contribution in [3.8, 4) is 0 Å². The van der Waals surface area contributed by atoms with Gasteiger partial charge in [0.05, 0.1) is 20.9 Å². The summed E-state index contributed by atoms with van der Waals surface area (Å²) in [6, 6.07) is 8.95. The van der Waals surface area contributed by atoms with Crippen molar-refractivity contribution in [2.24, 2.45) is 7.05 Å². The Morgan fingerprint density at radius 2 is 1.88 bits per heavy atom. The lowest BCUT2D eigenvalue weighted by Crippen LogP contribution is -2.32.